The van der Waals surface area contributed by atoms with Crippen molar-refractivity contribution in [1.82, 2.24) is 0 Å². The predicted molar refractivity (Wildman–Crippen MR) is 109 cm³/mol. The van der Waals surface area contributed by atoms with Crippen LogP contribution in [0.25, 0.3) is 11.6 Å². The summed E-state index contributed by atoms with van der Waals surface area (Å²) in [6, 6.07) is 12.3. The van der Waals surface area contributed by atoms with E-state index in [0.717, 1.165) is 42.7 Å². The molecule has 5 heteroatoms. The number of hydrogen-bond acceptors (Lipinski definition) is 1. The molecule has 0 aliphatic heterocycles. The van der Waals surface area contributed by atoms with Gasteiger partial charge in [-0.15, -0.1) is 0 Å². The maximum absolute atomic E-state index is 14.7. The Morgan fingerprint density at radius 2 is 1.43 bits per heavy atom. The Morgan fingerprint density at radius 3 is 2.10 bits per heavy atom. The van der Waals surface area contributed by atoms with Gasteiger partial charge in [0.25, 0.3) is 0 Å². The number of aryl methyl sites for hydroxylation is 1. The minimum atomic E-state index is -0.987. The van der Waals surface area contributed by atoms with Crippen LogP contribution in [0.4, 0.5) is 17.6 Å². The molecule has 1 nitrogen and oxygen atoms in total. The third-order valence-electron chi connectivity index (χ3n) is 5.20. The lowest BCUT2D eigenvalue weighted by Gasteiger charge is -2.11. The molecule has 0 saturated carbocycles. The molecule has 154 valence electrons. The third kappa shape index (κ3) is 4.11. The zero-order chi connectivity index (χ0) is 21.3. The Labute approximate surface area is 172 Å². The zero-order valence-electron chi connectivity index (χ0n) is 16.4. The zero-order valence-corrected chi connectivity index (χ0v) is 16.4. The molecular formula is C25H20F4O. The van der Waals surface area contributed by atoms with Crippen molar-refractivity contribution in [2.24, 2.45) is 0 Å². The van der Waals surface area contributed by atoms with E-state index in [-0.39, 0.29) is 24.3 Å². The Balaban J connectivity index is 1.51. The number of rotatable bonds is 6. The molecule has 30 heavy (non-hydrogen) atoms. The fraction of sp³-hybridized carbons (Fsp3) is 0.200. The molecule has 0 heterocycles. The van der Waals surface area contributed by atoms with Crippen LogP contribution in [-0.4, -0.2) is 0 Å². The number of fused-ring (bicyclic) bond motifs is 1. The minimum absolute atomic E-state index is 0.0829. The first kappa shape index (κ1) is 20.2. The van der Waals surface area contributed by atoms with Gasteiger partial charge in [0, 0.05) is 17.7 Å². The second kappa shape index (κ2) is 8.34. The summed E-state index contributed by atoms with van der Waals surface area (Å²) in [5.41, 5.74) is 3.18. The van der Waals surface area contributed by atoms with Gasteiger partial charge in [0.1, 0.15) is 24.0 Å². The van der Waals surface area contributed by atoms with Crippen molar-refractivity contribution in [2.45, 2.75) is 32.8 Å². The minimum Gasteiger partial charge on any atom is -0.489 e. The molecule has 1 aliphatic rings. The van der Waals surface area contributed by atoms with Crippen LogP contribution in [-0.2, 0) is 19.4 Å². The Kier molecular flexibility index (Phi) is 5.62. The molecule has 1 aliphatic carbocycles. The van der Waals surface area contributed by atoms with Crippen molar-refractivity contribution in [3.63, 3.8) is 0 Å². The topological polar surface area (TPSA) is 9.23 Å². The first-order valence-corrected chi connectivity index (χ1v) is 9.83. The number of benzene rings is 3. The first-order chi connectivity index (χ1) is 14.4. The van der Waals surface area contributed by atoms with E-state index in [1.807, 2.05) is 24.3 Å². The van der Waals surface area contributed by atoms with E-state index in [0.29, 0.717) is 16.7 Å². The molecule has 0 unspecified atom stereocenters. The lowest BCUT2D eigenvalue weighted by atomic mass is 10.0. The molecule has 0 aromatic heterocycles. The second-order valence-electron chi connectivity index (χ2n) is 7.43. The lowest BCUT2D eigenvalue weighted by Crippen LogP contribution is -2.00. The first-order valence-electron chi connectivity index (χ1n) is 9.83. The van der Waals surface area contributed by atoms with Gasteiger partial charge in [-0.05, 0) is 52.8 Å². The van der Waals surface area contributed by atoms with Crippen molar-refractivity contribution < 1.29 is 22.3 Å². The van der Waals surface area contributed by atoms with Crippen LogP contribution in [0, 0.1) is 23.3 Å². The highest BCUT2D eigenvalue weighted by atomic mass is 19.2. The molecule has 0 spiro atoms. The molecule has 3 aromatic carbocycles. The summed E-state index contributed by atoms with van der Waals surface area (Å²) in [4.78, 5) is 0. The Hall–Kier alpha value is -3.08. The largest absolute Gasteiger partial charge is 0.489 e. The molecule has 4 rings (SSSR count). The SMILES string of the molecule is CCCc1ccc(COc2cc(F)c(C3=Cc4cc(F)c(F)cc4C3)c(F)c2)cc1. The van der Waals surface area contributed by atoms with Crippen LogP contribution in [0.3, 0.4) is 0 Å². The fourth-order valence-corrected chi connectivity index (χ4v) is 3.69. The molecule has 3 aromatic rings. The Bertz CT molecular complexity index is 1090. The molecule has 0 bridgehead atoms. The number of halogens is 4. The van der Waals surface area contributed by atoms with E-state index >= 15 is 0 Å². The van der Waals surface area contributed by atoms with Gasteiger partial charge < -0.3 is 4.74 Å². The van der Waals surface area contributed by atoms with Gasteiger partial charge in [0.2, 0.25) is 0 Å². The average Bonchev–Trinajstić information content (AvgIpc) is 3.09. The van der Waals surface area contributed by atoms with Crippen molar-refractivity contribution in [2.75, 3.05) is 0 Å². The highest BCUT2D eigenvalue weighted by molar-refractivity contribution is 5.89. The summed E-state index contributed by atoms with van der Waals surface area (Å²) in [6.45, 7) is 2.30. The molecule has 0 saturated heterocycles. The van der Waals surface area contributed by atoms with Crippen molar-refractivity contribution in [3.05, 3.63) is 99.6 Å². The summed E-state index contributed by atoms with van der Waals surface area (Å²) in [7, 11) is 0. The Morgan fingerprint density at radius 1 is 0.800 bits per heavy atom. The average molecular weight is 412 g/mol. The standard InChI is InChI=1S/C25H20F4O/c1-2-3-15-4-6-16(7-5-15)14-30-20-12-23(28)25(24(29)13-20)19-8-17-10-21(26)22(27)11-18(17)9-19/h4-8,10-13H,2-3,9,14H2,1H3. The number of ether oxygens (including phenoxy) is 1. The molecule has 0 amide bonds. The molecule has 0 radical (unpaired) electrons. The number of hydrogen-bond donors (Lipinski definition) is 0. The van der Waals surface area contributed by atoms with Crippen molar-refractivity contribution in [3.8, 4) is 5.75 Å². The predicted octanol–water partition coefficient (Wildman–Crippen LogP) is 6.87. The van der Waals surface area contributed by atoms with E-state index in [9.17, 15) is 17.6 Å². The summed E-state index contributed by atoms with van der Waals surface area (Å²) < 4.78 is 61.8. The van der Waals surface area contributed by atoms with Gasteiger partial charge in [-0.3, -0.25) is 0 Å². The van der Waals surface area contributed by atoms with Crippen LogP contribution in [0.2, 0.25) is 0 Å². The second-order valence-corrected chi connectivity index (χ2v) is 7.43. The van der Waals surface area contributed by atoms with E-state index in [2.05, 4.69) is 6.92 Å². The van der Waals surface area contributed by atoms with Gasteiger partial charge in [-0.1, -0.05) is 43.7 Å². The van der Waals surface area contributed by atoms with E-state index in [1.165, 1.54) is 11.6 Å². The fourth-order valence-electron chi connectivity index (χ4n) is 3.69. The molecule has 0 fully saturated rings. The molecular weight excluding hydrogens is 392 g/mol. The van der Waals surface area contributed by atoms with Crippen LogP contribution >= 0.6 is 0 Å². The van der Waals surface area contributed by atoms with Gasteiger partial charge in [0.15, 0.2) is 11.6 Å². The summed E-state index contributed by atoms with van der Waals surface area (Å²) in [6.07, 6.45) is 3.67. The summed E-state index contributed by atoms with van der Waals surface area (Å²) >= 11 is 0. The number of allylic oxidation sites excluding steroid dienone is 1. The van der Waals surface area contributed by atoms with Crippen molar-refractivity contribution >= 4 is 11.6 Å². The van der Waals surface area contributed by atoms with E-state index in [4.69, 9.17) is 4.74 Å². The van der Waals surface area contributed by atoms with Crippen LogP contribution < -0.4 is 4.74 Å². The summed E-state index contributed by atoms with van der Waals surface area (Å²) in [5.74, 6) is -3.43. The highest BCUT2D eigenvalue weighted by Gasteiger charge is 2.23. The maximum Gasteiger partial charge on any atom is 0.159 e. The normalized spacial score (nSPS) is 12.6. The van der Waals surface area contributed by atoms with E-state index in [1.54, 1.807) is 0 Å². The lowest BCUT2D eigenvalue weighted by molar-refractivity contribution is 0.302. The van der Waals surface area contributed by atoms with Crippen LogP contribution in [0.1, 0.15) is 41.2 Å². The molecule has 0 atom stereocenters. The van der Waals surface area contributed by atoms with Gasteiger partial charge in [-0.25, -0.2) is 17.6 Å². The quantitative estimate of drug-likeness (QED) is 0.402. The monoisotopic (exact) mass is 412 g/mol. The van der Waals surface area contributed by atoms with Gasteiger partial charge in [0.05, 0.1) is 0 Å². The van der Waals surface area contributed by atoms with Crippen LogP contribution in [0.5, 0.6) is 5.75 Å². The van der Waals surface area contributed by atoms with E-state index < -0.39 is 23.3 Å². The summed E-state index contributed by atoms with van der Waals surface area (Å²) in [5, 5.41) is 0. The van der Waals surface area contributed by atoms with Gasteiger partial charge in [-0.2, -0.15) is 0 Å². The maximum atomic E-state index is 14.7. The van der Waals surface area contributed by atoms with Crippen LogP contribution in [0.15, 0.2) is 48.5 Å². The smallest absolute Gasteiger partial charge is 0.159 e. The third-order valence-corrected chi connectivity index (χ3v) is 5.20. The highest BCUT2D eigenvalue weighted by Crippen LogP contribution is 2.36. The van der Waals surface area contributed by atoms with Gasteiger partial charge >= 0.3 is 0 Å². The molecule has 0 N–H and O–H groups in total. The van der Waals surface area contributed by atoms with Crippen molar-refractivity contribution in [1.29, 1.82) is 0 Å².